The van der Waals surface area contributed by atoms with Crippen LogP contribution in [-0.4, -0.2) is 52.7 Å². The zero-order valence-corrected chi connectivity index (χ0v) is 18.3. The van der Waals surface area contributed by atoms with Crippen LogP contribution in [0.2, 0.25) is 0 Å². The molecule has 0 spiro atoms. The molecule has 0 saturated heterocycles. The van der Waals surface area contributed by atoms with Gasteiger partial charge in [0.2, 0.25) is 5.91 Å². The summed E-state index contributed by atoms with van der Waals surface area (Å²) in [6.45, 7) is 14.8. The van der Waals surface area contributed by atoms with Crippen LogP contribution >= 0.6 is 0 Å². The number of phenolic OH excluding ortho intramolecular Hbond substituents is 1. The van der Waals surface area contributed by atoms with Gasteiger partial charge in [0.15, 0.2) is 0 Å². The first kappa shape index (κ1) is 24.0. The average molecular weight is 393 g/mol. The Morgan fingerprint density at radius 3 is 2.14 bits per heavy atom. The van der Waals surface area contributed by atoms with Crippen molar-refractivity contribution in [1.82, 2.24) is 10.2 Å². The number of aromatic hydroxyl groups is 1. The number of rotatable bonds is 9. The molecule has 0 aromatic heterocycles. The number of nitrogens with one attached hydrogen (secondary N) is 1. The van der Waals surface area contributed by atoms with E-state index in [0.29, 0.717) is 12.3 Å². The molecule has 28 heavy (non-hydrogen) atoms. The molecule has 1 aromatic rings. The van der Waals surface area contributed by atoms with Gasteiger partial charge in [0, 0.05) is 19.0 Å². The predicted octanol–water partition coefficient (Wildman–Crippen LogP) is 3.13. The minimum Gasteiger partial charge on any atom is -0.508 e. The van der Waals surface area contributed by atoms with Gasteiger partial charge in [-0.3, -0.25) is 9.69 Å². The SMILES string of the molecule is CC(C)CN(CC(=O)N[C@H](Cc1ccc(O)cc1)C(=O)OC(C)(C)C)C(C)C. The summed E-state index contributed by atoms with van der Waals surface area (Å²) in [6, 6.07) is 6.03. The number of ether oxygens (including phenoxy) is 1. The summed E-state index contributed by atoms with van der Waals surface area (Å²) >= 11 is 0. The molecule has 0 fully saturated rings. The standard InChI is InChI=1S/C22H36N2O4/c1-15(2)13-24(16(3)4)14-20(26)23-19(21(27)28-22(5,6)7)12-17-8-10-18(25)11-9-17/h8-11,15-16,19,25H,12-14H2,1-7H3,(H,23,26)/t19-/m1/s1. The second-order valence-electron chi connectivity index (χ2n) is 8.94. The van der Waals surface area contributed by atoms with Crippen molar-refractivity contribution in [3.05, 3.63) is 29.8 Å². The van der Waals surface area contributed by atoms with Crippen LogP contribution in [0.3, 0.4) is 0 Å². The molecule has 0 radical (unpaired) electrons. The molecule has 158 valence electrons. The lowest BCUT2D eigenvalue weighted by atomic mass is 10.0. The van der Waals surface area contributed by atoms with Crippen molar-refractivity contribution >= 4 is 11.9 Å². The Morgan fingerprint density at radius 2 is 1.68 bits per heavy atom. The van der Waals surface area contributed by atoms with E-state index in [1.807, 2.05) is 0 Å². The number of amides is 1. The highest BCUT2D eigenvalue weighted by molar-refractivity contribution is 5.86. The molecule has 6 nitrogen and oxygen atoms in total. The number of carbonyl (C=O) groups is 2. The van der Waals surface area contributed by atoms with Crippen LogP contribution in [0, 0.1) is 5.92 Å². The quantitative estimate of drug-likeness (QED) is 0.631. The van der Waals surface area contributed by atoms with Crippen molar-refractivity contribution in [2.24, 2.45) is 5.92 Å². The zero-order chi connectivity index (χ0) is 21.5. The number of hydrogen-bond donors (Lipinski definition) is 2. The van der Waals surface area contributed by atoms with Crippen LogP contribution < -0.4 is 5.32 Å². The summed E-state index contributed by atoms with van der Waals surface area (Å²) in [7, 11) is 0. The summed E-state index contributed by atoms with van der Waals surface area (Å²) in [6.07, 6.45) is 0.298. The summed E-state index contributed by atoms with van der Waals surface area (Å²) in [5, 5.41) is 12.3. The smallest absolute Gasteiger partial charge is 0.329 e. The van der Waals surface area contributed by atoms with E-state index in [0.717, 1.165) is 12.1 Å². The van der Waals surface area contributed by atoms with Gasteiger partial charge in [0.1, 0.15) is 17.4 Å². The molecular weight excluding hydrogens is 356 g/mol. The lowest BCUT2D eigenvalue weighted by Gasteiger charge is -2.29. The first-order chi connectivity index (χ1) is 12.9. The molecule has 0 unspecified atom stereocenters. The molecule has 0 saturated carbocycles. The van der Waals surface area contributed by atoms with Crippen molar-refractivity contribution in [2.75, 3.05) is 13.1 Å². The van der Waals surface area contributed by atoms with Crippen molar-refractivity contribution < 1.29 is 19.4 Å². The van der Waals surface area contributed by atoms with Gasteiger partial charge >= 0.3 is 5.97 Å². The fourth-order valence-corrected chi connectivity index (χ4v) is 2.79. The number of carbonyl (C=O) groups excluding carboxylic acids is 2. The molecule has 0 aliphatic carbocycles. The number of phenols is 1. The van der Waals surface area contributed by atoms with E-state index in [-0.39, 0.29) is 24.2 Å². The lowest BCUT2D eigenvalue weighted by Crippen LogP contribution is -2.50. The van der Waals surface area contributed by atoms with Crippen molar-refractivity contribution in [3.8, 4) is 5.75 Å². The molecule has 1 amide bonds. The highest BCUT2D eigenvalue weighted by atomic mass is 16.6. The minimum absolute atomic E-state index is 0.155. The molecule has 0 heterocycles. The Hall–Kier alpha value is -2.08. The maximum Gasteiger partial charge on any atom is 0.329 e. The van der Waals surface area contributed by atoms with Gasteiger partial charge in [-0.2, -0.15) is 0 Å². The highest BCUT2D eigenvalue weighted by Gasteiger charge is 2.28. The molecule has 1 atom stereocenters. The van der Waals surface area contributed by atoms with Crippen molar-refractivity contribution in [2.45, 2.75) is 72.6 Å². The molecule has 1 aromatic carbocycles. The van der Waals surface area contributed by atoms with Crippen molar-refractivity contribution in [3.63, 3.8) is 0 Å². The van der Waals surface area contributed by atoms with E-state index in [9.17, 15) is 14.7 Å². The minimum atomic E-state index is -0.788. The third-order valence-corrected chi connectivity index (χ3v) is 4.08. The van der Waals surface area contributed by atoms with Crippen LogP contribution in [0.1, 0.15) is 54.0 Å². The van der Waals surface area contributed by atoms with E-state index in [1.54, 1.807) is 45.0 Å². The monoisotopic (exact) mass is 392 g/mol. The third kappa shape index (κ3) is 9.22. The Labute approximate surface area is 169 Å². The van der Waals surface area contributed by atoms with E-state index < -0.39 is 17.6 Å². The Bertz CT molecular complexity index is 633. The van der Waals surface area contributed by atoms with Gasteiger partial charge in [0.25, 0.3) is 0 Å². The molecule has 2 N–H and O–H groups in total. The molecular formula is C22H36N2O4. The average Bonchev–Trinajstić information content (AvgIpc) is 2.53. The molecule has 1 rings (SSSR count). The van der Waals surface area contributed by atoms with Gasteiger partial charge in [-0.15, -0.1) is 0 Å². The fraction of sp³-hybridized carbons (Fsp3) is 0.636. The van der Waals surface area contributed by atoms with Gasteiger partial charge in [0.05, 0.1) is 6.54 Å². The number of esters is 1. The van der Waals surface area contributed by atoms with Crippen LogP contribution in [0.15, 0.2) is 24.3 Å². The van der Waals surface area contributed by atoms with Gasteiger partial charge < -0.3 is 15.2 Å². The summed E-state index contributed by atoms with van der Waals surface area (Å²) in [4.78, 5) is 27.4. The van der Waals surface area contributed by atoms with E-state index >= 15 is 0 Å². The van der Waals surface area contributed by atoms with Gasteiger partial charge in [-0.1, -0.05) is 26.0 Å². The normalized spacial score (nSPS) is 13.1. The van der Waals surface area contributed by atoms with Crippen LogP contribution in [0.5, 0.6) is 5.75 Å². The second kappa shape index (κ2) is 10.5. The van der Waals surface area contributed by atoms with Gasteiger partial charge in [-0.25, -0.2) is 4.79 Å². The van der Waals surface area contributed by atoms with Crippen LogP contribution in [-0.2, 0) is 20.7 Å². The second-order valence-corrected chi connectivity index (χ2v) is 8.94. The van der Waals surface area contributed by atoms with Crippen LogP contribution in [0.25, 0.3) is 0 Å². The Kier molecular flexibility index (Phi) is 8.95. The van der Waals surface area contributed by atoms with E-state index in [4.69, 9.17) is 4.74 Å². The van der Waals surface area contributed by atoms with Gasteiger partial charge in [-0.05, 0) is 58.2 Å². The lowest BCUT2D eigenvalue weighted by molar-refractivity contribution is -0.158. The predicted molar refractivity (Wildman–Crippen MR) is 111 cm³/mol. The van der Waals surface area contributed by atoms with Crippen molar-refractivity contribution in [1.29, 1.82) is 0 Å². The molecule has 0 aliphatic heterocycles. The summed E-state index contributed by atoms with van der Waals surface area (Å²) in [5.41, 5.74) is 0.188. The van der Waals surface area contributed by atoms with Crippen LogP contribution in [0.4, 0.5) is 0 Å². The fourth-order valence-electron chi connectivity index (χ4n) is 2.79. The third-order valence-electron chi connectivity index (χ3n) is 4.08. The van der Waals surface area contributed by atoms with E-state index in [2.05, 4.69) is 37.9 Å². The largest absolute Gasteiger partial charge is 0.508 e. The molecule has 0 bridgehead atoms. The summed E-state index contributed by atoms with van der Waals surface area (Å²) < 4.78 is 5.50. The Balaban J connectivity index is 2.89. The maximum atomic E-state index is 12.7. The number of nitrogens with zero attached hydrogens (tertiary/aromatic N) is 1. The Morgan fingerprint density at radius 1 is 1.11 bits per heavy atom. The maximum absolute atomic E-state index is 12.7. The first-order valence-corrected chi connectivity index (χ1v) is 9.91. The van der Waals surface area contributed by atoms with E-state index in [1.165, 1.54) is 0 Å². The first-order valence-electron chi connectivity index (χ1n) is 9.91. The highest BCUT2D eigenvalue weighted by Crippen LogP contribution is 2.14. The molecule has 0 aliphatic rings. The number of benzene rings is 1. The summed E-state index contributed by atoms with van der Waals surface area (Å²) in [5.74, 6) is -0.0745. The topological polar surface area (TPSA) is 78.9 Å². The zero-order valence-electron chi connectivity index (χ0n) is 18.3. The molecule has 6 heteroatoms. The number of hydrogen-bond acceptors (Lipinski definition) is 5.